The van der Waals surface area contributed by atoms with Gasteiger partial charge in [0, 0.05) is 26.2 Å². The van der Waals surface area contributed by atoms with Crippen molar-refractivity contribution in [2.75, 3.05) is 50.8 Å². The van der Waals surface area contributed by atoms with Crippen LogP contribution >= 0.6 is 0 Å². The zero-order valence-corrected chi connectivity index (χ0v) is 12.5. The van der Waals surface area contributed by atoms with Gasteiger partial charge in [-0.25, -0.2) is 9.97 Å². The van der Waals surface area contributed by atoms with Crippen molar-refractivity contribution in [3.63, 3.8) is 0 Å². The summed E-state index contributed by atoms with van der Waals surface area (Å²) >= 11 is 0. The molecule has 2 heterocycles. The third kappa shape index (κ3) is 3.58. The molecule has 1 aliphatic rings. The Labute approximate surface area is 120 Å². The summed E-state index contributed by atoms with van der Waals surface area (Å²) in [5, 5.41) is 0. The van der Waals surface area contributed by atoms with Crippen LogP contribution in [0.25, 0.3) is 0 Å². The van der Waals surface area contributed by atoms with Crippen molar-refractivity contribution in [2.24, 2.45) is 5.73 Å². The molecule has 6 nitrogen and oxygen atoms in total. The van der Waals surface area contributed by atoms with E-state index in [-0.39, 0.29) is 0 Å². The Morgan fingerprint density at radius 2 is 2.00 bits per heavy atom. The van der Waals surface area contributed by atoms with E-state index in [0.717, 1.165) is 57.1 Å². The molecule has 0 saturated carbocycles. The van der Waals surface area contributed by atoms with E-state index in [1.807, 2.05) is 13.8 Å². The van der Waals surface area contributed by atoms with E-state index in [4.69, 9.17) is 10.5 Å². The molecular formula is C14H25N5O. The van der Waals surface area contributed by atoms with Gasteiger partial charge in [-0.2, -0.15) is 0 Å². The highest BCUT2D eigenvalue weighted by molar-refractivity contribution is 5.50. The lowest BCUT2D eigenvalue weighted by Crippen LogP contribution is -2.47. The fourth-order valence-corrected chi connectivity index (χ4v) is 2.52. The van der Waals surface area contributed by atoms with Crippen LogP contribution in [0, 0.1) is 6.92 Å². The van der Waals surface area contributed by atoms with E-state index >= 15 is 0 Å². The molecule has 112 valence electrons. The largest absolute Gasteiger partial charge is 0.478 e. The number of anilines is 1. The number of nitrogens with zero attached hydrogens (tertiary/aromatic N) is 4. The Morgan fingerprint density at radius 3 is 2.65 bits per heavy atom. The Hall–Kier alpha value is -1.40. The number of hydrogen-bond donors (Lipinski definition) is 1. The molecule has 0 spiro atoms. The standard InChI is InChI=1S/C14H25N5O/c1-3-20-14-12(2)13(16-11-17-14)19-9-7-18(8-10-19)6-4-5-15/h11H,3-10,15H2,1-2H3. The molecule has 0 amide bonds. The summed E-state index contributed by atoms with van der Waals surface area (Å²) in [5.41, 5.74) is 6.59. The van der Waals surface area contributed by atoms with Crippen LogP contribution in [0.4, 0.5) is 5.82 Å². The van der Waals surface area contributed by atoms with Crippen LogP contribution in [0.2, 0.25) is 0 Å². The molecular weight excluding hydrogens is 254 g/mol. The van der Waals surface area contributed by atoms with Crippen molar-refractivity contribution in [3.05, 3.63) is 11.9 Å². The quantitative estimate of drug-likeness (QED) is 0.825. The summed E-state index contributed by atoms with van der Waals surface area (Å²) < 4.78 is 5.54. The number of rotatable bonds is 6. The highest BCUT2D eigenvalue weighted by atomic mass is 16.5. The van der Waals surface area contributed by atoms with Crippen LogP contribution in [-0.4, -0.2) is 60.7 Å². The van der Waals surface area contributed by atoms with Crippen LogP contribution in [0.1, 0.15) is 18.9 Å². The van der Waals surface area contributed by atoms with E-state index in [1.165, 1.54) is 0 Å². The van der Waals surface area contributed by atoms with Gasteiger partial charge in [0.05, 0.1) is 12.2 Å². The Morgan fingerprint density at radius 1 is 1.25 bits per heavy atom. The van der Waals surface area contributed by atoms with Crippen LogP contribution in [-0.2, 0) is 0 Å². The van der Waals surface area contributed by atoms with Gasteiger partial charge in [0.1, 0.15) is 12.1 Å². The van der Waals surface area contributed by atoms with Crippen molar-refractivity contribution in [1.29, 1.82) is 0 Å². The molecule has 1 aromatic heterocycles. The van der Waals surface area contributed by atoms with E-state index in [2.05, 4.69) is 19.8 Å². The third-order valence-corrected chi connectivity index (χ3v) is 3.64. The van der Waals surface area contributed by atoms with Crippen molar-refractivity contribution in [1.82, 2.24) is 14.9 Å². The Bertz CT molecular complexity index is 418. The van der Waals surface area contributed by atoms with E-state index in [0.29, 0.717) is 12.5 Å². The summed E-state index contributed by atoms with van der Waals surface area (Å²) in [4.78, 5) is 13.4. The first-order chi connectivity index (χ1) is 9.76. The first kappa shape index (κ1) is 15.0. The van der Waals surface area contributed by atoms with Gasteiger partial charge in [0.15, 0.2) is 0 Å². The van der Waals surface area contributed by atoms with E-state index < -0.39 is 0 Å². The number of hydrogen-bond acceptors (Lipinski definition) is 6. The molecule has 0 atom stereocenters. The lowest BCUT2D eigenvalue weighted by atomic mass is 10.2. The molecule has 0 aromatic carbocycles. The van der Waals surface area contributed by atoms with Gasteiger partial charge in [0.2, 0.25) is 5.88 Å². The molecule has 6 heteroatoms. The van der Waals surface area contributed by atoms with Gasteiger partial charge < -0.3 is 15.4 Å². The number of aromatic nitrogens is 2. The maximum atomic E-state index is 5.56. The van der Waals surface area contributed by atoms with Crippen LogP contribution < -0.4 is 15.4 Å². The molecule has 20 heavy (non-hydrogen) atoms. The molecule has 1 fully saturated rings. The van der Waals surface area contributed by atoms with Crippen LogP contribution in [0.15, 0.2) is 6.33 Å². The second kappa shape index (κ2) is 7.40. The summed E-state index contributed by atoms with van der Waals surface area (Å²) in [6, 6.07) is 0. The predicted octanol–water partition coefficient (Wildman–Crippen LogP) is 0.655. The van der Waals surface area contributed by atoms with E-state index in [1.54, 1.807) is 6.33 Å². The SMILES string of the molecule is CCOc1ncnc(N2CCN(CCCN)CC2)c1C. The molecule has 1 saturated heterocycles. The van der Waals surface area contributed by atoms with Gasteiger partial charge in [-0.05, 0) is 33.4 Å². The fraction of sp³-hybridized carbons (Fsp3) is 0.714. The minimum atomic E-state index is 0.629. The second-order valence-corrected chi connectivity index (χ2v) is 5.03. The summed E-state index contributed by atoms with van der Waals surface area (Å²) in [6.07, 6.45) is 2.66. The normalized spacial score (nSPS) is 16.4. The van der Waals surface area contributed by atoms with Crippen molar-refractivity contribution >= 4 is 5.82 Å². The average molecular weight is 279 g/mol. The number of nitrogens with two attached hydrogens (primary N) is 1. The predicted molar refractivity (Wildman–Crippen MR) is 80.3 cm³/mol. The molecule has 0 bridgehead atoms. The van der Waals surface area contributed by atoms with Crippen molar-refractivity contribution < 1.29 is 4.74 Å². The minimum absolute atomic E-state index is 0.629. The Kier molecular flexibility index (Phi) is 5.55. The van der Waals surface area contributed by atoms with Gasteiger partial charge in [0.25, 0.3) is 0 Å². The maximum absolute atomic E-state index is 5.56. The average Bonchev–Trinajstić information content (AvgIpc) is 2.48. The smallest absolute Gasteiger partial charge is 0.221 e. The fourth-order valence-electron chi connectivity index (χ4n) is 2.52. The highest BCUT2D eigenvalue weighted by Gasteiger charge is 2.20. The topological polar surface area (TPSA) is 67.5 Å². The minimum Gasteiger partial charge on any atom is -0.478 e. The number of piperazine rings is 1. The Balaban J connectivity index is 1.98. The lowest BCUT2D eigenvalue weighted by molar-refractivity contribution is 0.255. The molecule has 2 rings (SSSR count). The molecule has 1 aromatic rings. The number of ether oxygens (including phenoxy) is 1. The molecule has 0 radical (unpaired) electrons. The summed E-state index contributed by atoms with van der Waals surface area (Å²) in [5.74, 6) is 1.70. The molecule has 1 aliphatic heterocycles. The van der Waals surface area contributed by atoms with Crippen molar-refractivity contribution in [2.45, 2.75) is 20.3 Å². The van der Waals surface area contributed by atoms with E-state index in [9.17, 15) is 0 Å². The van der Waals surface area contributed by atoms with Crippen LogP contribution in [0.5, 0.6) is 5.88 Å². The van der Waals surface area contributed by atoms with Gasteiger partial charge in [-0.15, -0.1) is 0 Å². The van der Waals surface area contributed by atoms with Gasteiger partial charge in [-0.1, -0.05) is 0 Å². The molecule has 2 N–H and O–H groups in total. The lowest BCUT2D eigenvalue weighted by Gasteiger charge is -2.36. The van der Waals surface area contributed by atoms with Gasteiger partial charge in [-0.3, -0.25) is 4.90 Å². The van der Waals surface area contributed by atoms with Crippen LogP contribution in [0.3, 0.4) is 0 Å². The monoisotopic (exact) mass is 279 g/mol. The first-order valence-corrected chi connectivity index (χ1v) is 7.38. The second-order valence-electron chi connectivity index (χ2n) is 5.03. The van der Waals surface area contributed by atoms with Crippen molar-refractivity contribution in [3.8, 4) is 5.88 Å². The third-order valence-electron chi connectivity index (χ3n) is 3.64. The summed E-state index contributed by atoms with van der Waals surface area (Å²) in [6.45, 7) is 10.6. The first-order valence-electron chi connectivity index (χ1n) is 7.38. The highest BCUT2D eigenvalue weighted by Crippen LogP contribution is 2.24. The zero-order chi connectivity index (χ0) is 14.4. The molecule has 0 aliphatic carbocycles. The van der Waals surface area contributed by atoms with Gasteiger partial charge >= 0.3 is 0 Å². The molecule has 0 unspecified atom stereocenters. The zero-order valence-electron chi connectivity index (χ0n) is 12.5. The summed E-state index contributed by atoms with van der Waals surface area (Å²) in [7, 11) is 0. The maximum Gasteiger partial charge on any atom is 0.221 e.